The van der Waals surface area contributed by atoms with Gasteiger partial charge in [-0.3, -0.25) is 14.4 Å². The van der Waals surface area contributed by atoms with Crippen LogP contribution in [0.5, 0.6) is 0 Å². The fraction of sp³-hybridized carbons (Fsp3) is 0.147. The Morgan fingerprint density at radius 2 is 1.48 bits per heavy atom. The second kappa shape index (κ2) is 14.6. The van der Waals surface area contributed by atoms with Gasteiger partial charge >= 0.3 is 6.18 Å². The third-order valence-corrected chi connectivity index (χ3v) is 7.77. The molecule has 1 atom stereocenters. The molecule has 10 heteroatoms. The van der Waals surface area contributed by atoms with Crippen LogP contribution in [0.3, 0.4) is 0 Å². The lowest BCUT2D eigenvalue weighted by molar-refractivity contribution is -0.137. The summed E-state index contributed by atoms with van der Waals surface area (Å²) >= 11 is 1.22. The van der Waals surface area contributed by atoms with Gasteiger partial charge in [0, 0.05) is 21.8 Å². The van der Waals surface area contributed by atoms with Crippen molar-refractivity contribution in [1.29, 1.82) is 0 Å². The summed E-state index contributed by atoms with van der Waals surface area (Å²) in [5.41, 5.74) is 1.82. The van der Waals surface area contributed by atoms with E-state index in [-0.39, 0.29) is 11.4 Å². The quantitative estimate of drug-likeness (QED) is 0.125. The Hall–Kier alpha value is -4.83. The van der Waals surface area contributed by atoms with Gasteiger partial charge in [0.15, 0.2) is 0 Å². The molecule has 226 valence electrons. The maximum atomic E-state index is 13.4. The standard InChI is InChI=1S/C34H30F3N3O3S/c1-3-30(33(43)39-26-12-7-11-25(20-26)34(35,36)37)44-28-14-8-13-27(21-28)38-32(42)29(19-23-17-15-22(2)16-18-23)40-31(41)24-9-5-4-6-10-24/h4-21,30H,3H2,1-2H3,(H,38,42)(H,39,43)(H,40,41)/b29-19-. The number of thioether (sulfide) groups is 1. The van der Waals surface area contributed by atoms with Crippen LogP contribution in [-0.2, 0) is 15.8 Å². The van der Waals surface area contributed by atoms with Crippen LogP contribution in [0, 0.1) is 6.92 Å². The van der Waals surface area contributed by atoms with Gasteiger partial charge in [-0.05, 0) is 73.5 Å². The number of nitrogens with one attached hydrogen (secondary N) is 3. The Morgan fingerprint density at radius 1 is 0.818 bits per heavy atom. The Balaban J connectivity index is 1.49. The van der Waals surface area contributed by atoms with Crippen molar-refractivity contribution in [1.82, 2.24) is 5.32 Å². The molecule has 0 aromatic heterocycles. The van der Waals surface area contributed by atoms with Gasteiger partial charge in [0.2, 0.25) is 5.91 Å². The zero-order chi connectivity index (χ0) is 31.7. The molecule has 0 spiro atoms. The van der Waals surface area contributed by atoms with Crippen LogP contribution in [-0.4, -0.2) is 23.0 Å². The molecular formula is C34H30F3N3O3S. The molecule has 0 aliphatic carbocycles. The maximum absolute atomic E-state index is 13.4. The summed E-state index contributed by atoms with van der Waals surface area (Å²) in [4.78, 5) is 39.9. The third-order valence-electron chi connectivity index (χ3n) is 6.41. The lowest BCUT2D eigenvalue weighted by atomic mass is 10.1. The summed E-state index contributed by atoms with van der Waals surface area (Å²) in [6.07, 6.45) is -2.54. The van der Waals surface area contributed by atoms with Crippen LogP contribution in [0.4, 0.5) is 24.5 Å². The molecule has 3 amide bonds. The Morgan fingerprint density at radius 3 is 2.14 bits per heavy atom. The highest BCUT2D eigenvalue weighted by Crippen LogP contribution is 2.32. The van der Waals surface area contributed by atoms with Crippen molar-refractivity contribution in [2.75, 3.05) is 10.6 Å². The number of carbonyl (C=O) groups excluding carboxylic acids is 3. The number of benzene rings is 4. The van der Waals surface area contributed by atoms with Crippen molar-refractivity contribution in [2.45, 2.75) is 36.6 Å². The van der Waals surface area contributed by atoms with E-state index in [1.54, 1.807) is 67.6 Å². The lowest BCUT2D eigenvalue weighted by Gasteiger charge is -2.16. The summed E-state index contributed by atoms with van der Waals surface area (Å²) in [7, 11) is 0. The highest BCUT2D eigenvalue weighted by atomic mass is 32.2. The minimum atomic E-state index is -4.52. The van der Waals surface area contributed by atoms with E-state index >= 15 is 0 Å². The average Bonchev–Trinajstić information content (AvgIpc) is 3.00. The maximum Gasteiger partial charge on any atom is 0.416 e. The van der Waals surface area contributed by atoms with Gasteiger partial charge in [0.05, 0.1) is 10.8 Å². The smallest absolute Gasteiger partial charge is 0.325 e. The molecule has 0 saturated heterocycles. The Labute approximate surface area is 257 Å². The second-order valence-electron chi connectivity index (χ2n) is 9.85. The first kappa shape index (κ1) is 32.1. The number of aryl methyl sites for hydroxylation is 1. The monoisotopic (exact) mass is 617 g/mol. The topological polar surface area (TPSA) is 87.3 Å². The van der Waals surface area contributed by atoms with Gasteiger partial charge in [-0.15, -0.1) is 11.8 Å². The fourth-order valence-electron chi connectivity index (χ4n) is 4.10. The molecule has 4 rings (SSSR count). The minimum absolute atomic E-state index is 0.0349. The van der Waals surface area contributed by atoms with E-state index < -0.39 is 34.7 Å². The molecule has 0 radical (unpaired) electrons. The van der Waals surface area contributed by atoms with Crippen LogP contribution in [0.2, 0.25) is 0 Å². The fourth-order valence-corrected chi connectivity index (χ4v) is 5.11. The van der Waals surface area contributed by atoms with E-state index in [0.29, 0.717) is 22.6 Å². The SMILES string of the molecule is CCC(Sc1cccc(NC(=O)/C(=C/c2ccc(C)cc2)NC(=O)c2ccccc2)c1)C(=O)Nc1cccc(C(F)(F)F)c1. The predicted octanol–water partition coefficient (Wildman–Crippen LogP) is 7.93. The van der Waals surface area contributed by atoms with Gasteiger partial charge in [0.1, 0.15) is 5.70 Å². The number of anilines is 2. The predicted molar refractivity (Wildman–Crippen MR) is 168 cm³/mol. The van der Waals surface area contributed by atoms with Crippen molar-refractivity contribution < 1.29 is 27.6 Å². The van der Waals surface area contributed by atoms with Gasteiger partial charge in [-0.25, -0.2) is 0 Å². The first-order chi connectivity index (χ1) is 21.0. The number of rotatable bonds is 10. The van der Waals surface area contributed by atoms with E-state index in [0.717, 1.165) is 23.3 Å². The molecule has 3 N–H and O–H groups in total. The van der Waals surface area contributed by atoms with Crippen molar-refractivity contribution in [3.63, 3.8) is 0 Å². The van der Waals surface area contributed by atoms with E-state index in [1.165, 1.54) is 23.9 Å². The molecule has 0 fully saturated rings. The van der Waals surface area contributed by atoms with Crippen LogP contribution in [0.25, 0.3) is 6.08 Å². The molecule has 0 aliphatic heterocycles. The van der Waals surface area contributed by atoms with Gasteiger partial charge < -0.3 is 16.0 Å². The summed E-state index contributed by atoms with van der Waals surface area (Å²) < 4.78 is 39.3. The summed E-state index contributed by atoms with van der Waals surface area (Å²) in [6.45, 7) is 3.74. The molecule has 4 aromatic rings. The van der Waals surface area contributed by atoms with E-state index in [1.807, 2.05) is 31.2 Å². The second-order valence-corrected chi connectivity index (χ2v) is 11.1. The van der Waals surface area contributed by atoms with Crippen molar-refractivity contribution in [3.8, 4) is 0 Å². The van der Waals surface area contributed by atoms with Gasteiger partial charge in [0.25, 0.3) is 11.8 Å². The Kier molecular flexibility index (Phi) is 10.6. The Bertz CT molecular complexity index is 1660. The number of hydrogen-bond acceptors (Lipinski definition) is 4. The van der Waals surface area contributed by atoms with Crippen LogP contribution in [0.15, 0.2) is 114 Å². The zero-order valence-corrected chi connectivity index (χ0v) is 24.8. The van der Waals surface area contributed by atoms with Gasteiger partial charge in [-0.2, -0.15) is 13.2 Å². The lowest BCUT2D eigenvalue weighted by Crippen LogP contribution is -2.30. The number of amides is 3. The number of alkyl halides is 3. The normalized spacial score (nSPS) is 12.2. The molecule has 1 unspecified atom stereocenters. The highest BCUT2D eigenvalue weighted by molar-refractivity contribution is 8.00. The molecular weight excluding hydrogens is 587 g/mol. The van der Waals surface area contributed by atoms with Crippen LogP contribution >= 0.6 is 11.8 Å². The first-order valence-corrected chi connectivity index (χ1v) is 14.6. The molecule has 6 nitrogen and oxygen atoms in total. The largest absolute Gasteiger partial charge is 0.416 e. The van der Waals surface area contributed by atoms with E-state index in [4.69, 9.17) is 0 Å². The molecule has 0 saturated carbocycles. The van der Waals surface area contributed by atoms with E-state index in [2.05, 4.69) is 16.0 Å². The molecule has 0 heterocycles. The number of carbonyl (C=O) groups is 3. The molecule has 4 aromatic carbocycles. The van der Waals surface area contributed by atoms with Crippen molar-refractivity contribution in [3.05, 3.63) is 131 Å². The summed E-state index contributed by atoms with van der Waals surface area (Å²) in [5.74, 6) is -1.44. The minimum Gasteiger partial charge on any atom is -0.325 e. The number of hydrogen-bond donors (Lipinski definition) is 3. The van der Waals surface area contributed by atoms with Gasteiger partial charge in [-0.1, -0.05) is 67.1 Å². The summed E-state index contributed by atoms with van der Waals surface area (Å²) in [5, 5.41) is 7.47. The highest BCUT2D eigenvalue weighted by Gasteiger charge is 2.30. The van der Waals surface area contributed by atoms with Crippen LogP contribution < -0.4 is 16.0 Å². The zero-order valence-electron chi connectivity index (χ0n) is 23.9. The first-order valence-electron chi connectivity index (χ1n) is 13.7. The molecule has 0 bridgehead atoms. The molecule has 0 aliphatic rings. The summed E-state index contributed by atoms with van der Waals surface area (Å²) in [6, 6.07) is 27.3. The van der Waals surface area contributed by atoms with Crippen molar-refractivity contribution >= 4 is 46.9 Å². The third kappa shape index (κ3) is 9.08. The molecule has 44 heavy (non-hydrogen) atoms. The van der Waals surface area contributed by atoms with Crippen LogP contribution in [0.1, 0.15) is 40.4 Å². The average molecular weight is 618 g/mol. The van der Waals surface area contributed by atoms with Crippen molar-refractivity contribution in [2.24, 2.45) is 0 Å². The van der Waals surface area contributed by atoms with E-state index in [9.17, 15) is 27.6 Å². The number of halogens is 3.